The lowest BCUT2D eigenvalue weighted by Crippen LogP contribution is -2.38. The molecule has 0 aliphatic carbocycles. The van der Waals surface area contributed by atoms with Crippen molar-refractivity contribution < 1.29 is 22.3 Å². The second kappa shape index (κ2) is 6.01. The summed E-state index contributed by atoms with van der Waals surface area (Å²) in [5, 5.41) is 0. The zero-order valence-electron chi connectivity index (χ0n) is 12.0. The first-order chi connectivity index (χ1) is 9.82. The third kappa shape index (κ3) is 3.72. The Kier molecular flexibility index (Phi) is 4.51. The molecule has 1 unspecified atom stereocenters. The van der Waals surface area contributed by atoms with Gasteiger partial charge in [0, 0.05) is 18.7 Å². The maximum absolute atomic E-state index is 13.3. The van der Waals surface area contributed by atoms with Crippen molar-refractivity contribution in [1.82, 2.24) is 4.90 Å². The molecule has 0 N–H and O–H groups in total. The summed E-state index contributed by atoms with van der Waals surface area (Å²) >= 11 is 0. The van der Waals surface area contributed by atoms with E-state index in [4.69, 9.17) is 4.74 Å². The largest absolute Gasteiger partial charge is 0.496 e. The number of amides is 1. The molecule has 2 rings (SSSR count). The van der Waals surface area contributed by atoms with Crippen LogP contribution in [0.4, 0.5) is 4.39 Å². The summed E-state index contributed by atoms with van der Waals surface area (Å²) in [6.07, 6.45) is 0.429. The molecule has 21 heavy (non-hydrogen) atoms. The summed E-state index contributed by atoms with van der Waals surface area (Å²) in [4.78, 5) is 13.7. The average Bonchev–Trinajstić information content (AvgIpc) is 2.78. The molecule has 0 saturated carbocycles. The molecule has 5 nitrogen and oxygen atoms in total. The first-order valence-electron chi connectivity index (χ1n) is 6.61. The highest BCUT2D eigenvalue weighted by molar-refractivity contribution is 7.91. The van der Waals surface area contributed by atoms with Gasteiger partial charge in [0.2, 0.25) is 5.91 Å². The SMILES string of the molecule is COc1ccc(F)cc1CC(=O)N(C)C1CCS(=O)(=O)C1. The van der Waals surface area contributed by atoms with Crippen molar-refractivity contribution in [3.8, 4) is 5.75 Å². The lowest BCUT2D eigenvalue weighted by atomic mass is 10.1. The Morgan fingerprint density at radius 1 is 1.48 bits per heavy atom. The topological polar surface area (TPSA) is 63.7 Å². The van der Waals surface area contributed by atoms with Crippen LogP contribution in [0.15, 0.2) is 18.2 Å². The molecule has 1 aromatic carbocycles. The van der Waals surface area contributed by atoms with Crippen molar-refractivity contribution in [3.63, 3.8) is 0 Å². The zero-order chi connectivity index (χ0) is 15.6. The number of carbonyl (C=O) groups excluding carboxylic acids is 1. The molecule has 0 bridgehead atoms. The van der Waals surface area contributed by atoms with Crippen LogP contribution >= 0.6 is 0 Å². The first kappa shape index (κ1) is 15.8. The van der Waals surface area contributed by atoms with Gasteiger partial charge in [0.15, 0.2) is 9.84 Å². The standard InChI is InChI=1S/C14H18FNO4S/c1-16(12-5-6-21(18,19)9-12)14(17)8-10-7-11(15)3-4-13(10)20-2/h3-4,7,12H,5-6,8-9H2,1-2H3. The normalized spacial score (nSPS) is 20.2. The quantitative estimate of drug-likeness (QED) is 0.832. The molecule has 1 aliphatic heterocycles. The van der Waals surface area contributed by atoms with Crippen LogP contribution in [0, 0.1) is 5.82 Å². The number of rotatable bonds is 4. The van der Waals surface area contributed by atoms with Crippen LogP contribution in [0.25, 0.3) is 0 Å². The molecule has 1 fully saturated rings. The van der Waals surface area contributed by atoms with E-state index in [1.807, 2.05) is 0 Å². The molecule has 1 aromatic rings. The third-order valence-corrected chi connectivity index (χ3v) is 5.48. The molecule has 7 heteroatoms. The van der Waals surface area contributed by atoms with Gasteiger partial charge in [-0.05, 0) is 24.6 Å². The fourth-order valence-corrected chi connectivity index (χ4v) is 4.23. The maximum atomic E-state index is 13.3. The number of carbonyl (C=O) groups is 1. The minimum absolute atomic E-state index is 0.00444. The number of ether oxygens (including phenoxy) is 1. The molecule has 0 aromatic heterocycles. The van der Waals surface area contributed by atoms with E-state index in [1.165, 1.54) is 30.2 Å². The van der Waals surface area contributed by atoms with Gasteiger partial charge in [-0.3, -0.25) is 4.79 Å². The Hall–Kier alpha value is -1.63. The molecule has 1 atom stereocenters. The zero-order valence-corrected chi connectivity index (χ0v) is 12.8. The van der Waals surface area contributed by atoms with Crippen molar-refractivity contribution in [3.05, 3.63) is 29.6 Å². The Labute approximate surface area is 123 Å². The van der Waals surface area contributed by atoms with Crippen LogP contribution < -0.4 is 4.74 Å². The molecule has 116 valence electrons. The molecule has 0 radical (unpaired) electrons. The molecule has 1 amide bonds. The maximum Gasteiger partial charge on any atom is 0.227 e. The van der Waals surface area contributed by atoms with Crippen LogP contribution in [-0.4, -0.2) is 50.9 Å². The van der Waals surface area contributed by atoms with E-state index in [2.05, 4.69) is 0 Å². The predicted molar refractivity (Wildman–Crippen MR) is 76.5 cm³/mol. The number of likely N-dealkylation sites (N-methyl/N-ethyl adjacent to an activating group) is 1. The lowest BCUT2D eigenvalue weighted by Gasteiger charge is -2.23. The summed E-state index contributed by atoms with van der Waals surface area (Å²) < 4.78 is 41.3. The summed E-state index contributed by atoms with van der Waals surface area (Å²) in [6.45, 7) is 0. The van der Waals surface area contributed by atoms with Gasteiger partial charge in [0.25, 0.3) is 0 Å². The monoisotopic (exact) mass is 315 g/mol. The molecule has 1 aliphatic rings. The van der Waals surface area contributed by atoms with Crippen molar-refractivity contribution >= 4 is 15.7 Å². The number of benzene rings is 1. The van der Waals surface area contributed by atoms with E-state index in [9.17, 15) is 17.6 Å². The van der Waals surface area contributed by atoms with Gasteiger partial charge in [0.1, 0.15) is 11.6 Å². The Morgan fingerprint density at radius 3 is 2.76 bits per heavy atom. The van der Waals surface area contributed by atoms with Gasteiger partial charge in [-0.1, -0.05) is 0 Å². The Bertz CT molecular complexity index is 644. The molecule has 1 saturated heterocycles. The van der Waals surface area contributed by atoms with E-state index < -0.39 is 15.7 Å². The van der Waals surface area contributed by atoms with Crippen LogP contribution in [0.1, 0.15) is 12.0 Å². The Balaban J connectivity index is 2.09. The fraction of sp³-hybridized carbons (Fsp3) is 0.500. The highest BCUT2D eigenvalue weighted by Gasteiger charge is 2.32. The van der Waals surface area contributed by atoms with Gasteiger partial charge in [0.05, 0.1) is 25.0 Å². The van der Waals surface area contributed by atoms with Gasteiger partial charge >= 0.3 is 0 Å². The highest BCUT2D eigenvalue weighted by atomic mass is 32.2. The van der Waals surface area contributed by atoms with E-state index in [0.717, 1.165) is 0 Å². The van der Waals surface area contributed by atoms with E-state index in [1.54, 1.807) is 7.05 Å². The molecule has 0 spiro atoms. The Morgan fingerprint density at radius 2 is 2.19 bits per heavy atom. The summed E-state index contributed by atoms with van der Waals surface area (Å²) in [5.41, 5.74) is 0.454. The summed E-state index contributed by atoms with van der Waals surface area (Å²) in [5.74, 6) is -0.142. The first-order valence-corrected chi connectivity index (χ1v) is 8.43. The van der Waals surface area contributed by atoms with Crippen LogP contribution in [0.5, 0.6) is 5.75 Å². The minimum Gasteiger partial charge on any atom is -0.496 e. The van der Waals surface area contributed by atoms with Crippen molar-refractivity contribution in [1.29, 1.82) is 0 Å². The second-order valence-corrected chi connectivity index (χ2v) is 7.42. The fourth-order valence-electron chi connectivity index (χ4n) is 2.46. The number of halogens is 1. The second-order valence-electron chi connectivity index (χ2n) is 5.19. The van der Waals surface area contributed by atoms with Gasteiger partial charge in [-0.15, -0.1) is 0 Å². The minimum atomic E-state index is -3.04. The average molecular weight is 315 g/mol. The van der Waals surface area contributed by atoms with Gasteiger partial charge < -0.3 is 9.64 Å². The van der Waals surface area contributed by atoms with Crippen LogP contribution in [-0.2, 0) is 21.1 Å². The number of sulfone groups is 1. The van der Waals surface area contributed by atoms with E-state index in [0.29, 0.717) is 17.7 Å². The van der Waals surface area contributed by atoms with E-state index >= 15 is 0 Å². The van der Waals surface area contributed by atoms with E-state index in [-0.39, 0.29) is 29.9 Å². The number of methoxy groups -OCH3 is 1. The number of nitrogens with zero attached hydrogens (tertiary/aromatic N) is 1. The summed E-state index contributed by atoms with van der Waals surface area (Å²) in [6, 6.07) is 3.69. The molecule has 1 heterocycles. The number of hydrogen-bond donors (Lipinski definition) is 0. The van der Waals surface area contributed by atoms with Crippen molar-refractivity contribution in [2.75, 3.05) is 25.7 Å². The van der Waals surface area contributed by atoms with Crippen LogP contribution in [0.2, 0.25) is 0 Å². The summed E-state index contributed by atoms with van der Waals surface area (Å²) in [7, 11) is -0.00918. The van der Waals surface area contributed by atoms with Crippen LogP contribution in [0.3, 0.4) is 0 Å². The van der Waals surface area contributed by atoms with Crippen molar-refractivity contribution in [2.24, 2.45) is 0 Å². The smallest absolute Gasteiger partial charge is 0.227 e. The number of hydrogen-bond acceptors (Lipinski definition) is 4. The third-order valence-electron chi connectivity index (χ3n) is 3.73. The molecular weight excluding hydrogens is 297 g/mol. The predicted octanol–water partition coefficient (Wildman–Crippen LogP) is 1.02. The van der Waals surface area contributed by atoms with Crippen molar-refractivity contribution in [2.45, 2.75) is 18.9 Å². The van der Waals surface area contributed by atoms with Gasteiger partial charge in [-0.2, -0.15) is 0 Å². The lowest BCUT2D eigenvalue weighted by molar-refractivity contribution is -0.130. The van der Waals surface area contributed by atoms with Gasteiger partial charge in [-0.25, -0.2) is 12.8 Å². The molecular formula is C14H18FNO4S. The highest BCUT2D eigenvalue weighted by Crippen LogP contribution is 2.22.